The summed E-state index contributed by atoms with van der Waals surface area (Å²) in [6, 6.07) is 15.0. The van der Waals surface area contributed by atoms with Crippen LogP contribution in [0.25, 0.3) is 0 Å². The number of anilines is 1. The summed E-state index contributed by atoms with van der Waals surface area (Å²) in [5.74, 6) is -0.497. The van der Waals surface area contributed by atoms with Crippen LogP contribution in [0.4, 0.5) is 5.69 Å². The molecule has 1 atom stereocenters. The molecule has 29 heavy (non-hydrogen) atoms. The normalized spacial score (nSPS) is 18.6. The maximum atomic E-state index is 13.1. The van der Waals surface area contributed by atoms with Crippen LogP contribution in [0.2, 0.25) is 0 Å². The zero-order chi connectivity index (χ0) is 20.4. The van der Waals surface area contributed by atoms with Crippen molar-refractivity contribution in [2.75, 3.05) is 11.4 Å². The van der Waals surface area contributed by atoms with Crippen molar-refractivity contribution in [3.05, 3.63) is 89.0 Å². The van der Waals surface area contributed by atoms with Crippen LogP contribution in [0.3, 0.4) is 0 Å². The number of rotatable bonds is 4. The number of benzene rings is 2. The number of aryl methyl sites for hydroxylation is 1. The smallest absolute Gasteiger partial charge is 0.266 e. The van der Waals surface area contributed by atoms with Crippen LogP contribution in [-0.2, 0) is 4.79 Å². The van der Waals surface area contributed by atoms with E-state index in [0.29, 0.717) is 11.3 Å². The summed E-state index contributed by atoms with van der Waals surface area (Å²) >= 11 is 0. The lowest BCUT2D eigenvalue weighted by Gasteiger charge is -2.24. The van der Waals surface area contributed by atoms with Gasteiger partial charge in [0.1, 0.15) is 0 Å². The van der Waals surface area contributed by atoms with E-state index in [1.54, 1.807) is 6.07 Å². The minimum absolute atomic E-state index is 0.0733. The largest absolute Gasteiger partial charge is 0.302 e. The van der Waals surface area contributed by atoms with Crippen LogP contribution in [-0.4, -0.2) is 30.1 Å². The van der Waals surface area contributed by atoms with E-state index in [-0.39, 0.29) is 18.2 Å². The molecule has 0 aromatic heterocycles. The third kappa shape index (κ3) is 3.69. The van der Waals surface area contributed by atoms with Crippen molar-refractivity contribution >= 4 is 23.1 Å². The average Bonchev–Trinajstić information content (AvgIpc) is 2.85. The molecule has 5 heteroatoms. The third-order valence-electron chi connectivity index (χ3n) is 5.30. The Bertz CT molecular complexity index is 1070. The molecule has 2 N–H and O–H groups in total. The summed E-state index contributed by atoms with van der Waals surface area (Å²) in [7, 11) is 0. The van der Waals surface area contributed by atoms with E-state index in [0.717, 1.165) is 35.3 Å². The van der Waals surface area contributed by atoms with E-state index in [9.17, 15) is 9.59 Å². The maximum absolute atomic E-state index is 13.1. The van der Waals surface area contributed by atoms with Gasteiger partial charge in [0.15, 0.2) is 11.9 Å². The Balaban J connectivity index is 1.76. The van der Waals surface area contributed by atoms with E-state index in [1.165, 1.54) is 4.90 Å². The Hall–Kier alpha value is -3.31. The van der Waals surface area contributed by atoms with Gasteiger partial charge in [-0.1, -0.05) is 60.7 Å². The van der Waals surface area contributed by atoms with Crippen molar-refractivity contribution in [2.24, 2.45) is 10.7 Å². The fourth-order valence-electron chi connectivity index (χ4n) is 3.78. The van der Waals surface area contributed by atoms with Crippen molar-refractivity contribution < 1.29 is 9.59 Å². The number of Topliss-reactive ketones (excluding diaryl/α,β-unsaturated/α-hetero) is 1. The molecule has 0 unspecified atom stereocenters. The minimum Gasteiger partial charge on any atom is -0.302 e. The first-order chi connectivity index (χ1) is 14.1. The number of aliphatic imine (C=N–C) groups is 1. The highest BCUT2D eigenvalue weighted by Gasteiger charge is 2.32. The molecule has 0 spiro atoms. The monoisotopic (exact) mass is 385 g/mol. The molecule has 0 saturated carbocycles. The molecule has 5 nitrogen and oxygen atoms in total. The molecule has 1 aliphatic heterocycles. The SMILES string of the molecule is Cc1ccccc1C(=O)CN1C(=O)[C@H](N)N=C(C2=CC=CCC2)c2ccccc21. The Morgan fingerprint density at radius 3 is 2.69 bits per heavy atom. The molecular formula is C24H23N3O2. The van der Waals surface area contributed by atoms with Crippen molar-refractivity contribution in [2.45, 2.75) is 25.9 Å². The Morgan fingerprint density at radius 2 is 1.93 bits per heavy atom. The molecule has 0 bridgehead atoms. The van der Waals surface area contributed by atoms with Crippen LogP contribution in [0.15, 0.2) is 77.3 Å². The highest BCUT2D eigenvalue weighted by molar-refractivity contribution is 6.21. The van der Waals surface area contributed by atoms with Gasteiger partial charge in [-0.15, -0.1) is 0 Å². The zero-order valence-electron chi connectivity index (χ0n) is 16.3. The summed E-state index contributed by atoms with van der Waals surface area (Å²) in [5.41, 5.74) is 10.9. The summed E-state index contributed by atoms with van der Waals surface area (Å²) < 4.78 is 0. The Kier molecular flexibility index (Phi) is 5.23. The number of ketones is 1. The van der Waals surface area contributed by atoms with Gasteiger partial charge < -0.3 is 10.6 Å². The number of nitrogens with two attached hydrogens (primary N) is 1. The number of allylic oxidation sites excluding steroid dienone is 4. The second-order valence-corrected chi connectivity index (χ2v) is 7.26. The van der Waals surface area contributed by atoms with Crippen molar-refractivity contribution in [1.82, 2.24) is 0 Å². The van der Waals surface area contributed by atoms with E-state index in [2.05, 4.69) is 11.1 Å². The molecule has 0 fully saturated rings. The first-order valence-electron chi connectivity index (χ1n) is 9.75. The van der Waals surface area contributed by atoms with E-state index >= 15 is 0 Å². The molecule has 4 rings (SSSR count). The molecule has 1 aliphatic carbocycles. The quantitative estimate of drug-likeness (QED) is 0.818. The van der Waals surface area contributed by atoms with Gasteiger partial charge >= 0.3 is 0 Å². The number of hydrogen-bond donors (Lipinski definition) is 1. The lowest BCUT2D eigenvalue weighted by atomic mass is 9.94. The van der Waals surface area contributed by atoms with Gasteiger partial charge in [-0.25, -0.2) is 0 Å². The minimum atomic E-state index is -1.05. The number of amides is 1. The van der Waals surface area contributed by atoms with Crippen LogP contribution in [0, 0.1) is 6.92 Å². The first kappa shape index (κ1) is 19.0. The predicted octanol–water partition coefficient (Wildman–Crippen LogP) is 3.57. The second-order valence-electron chi connectivity index (χ2n) is 7.26. The summed E-state index contributed by atoms with van der Waals surface area (Å²) in [5, 5.41) is 0. The molecule has 146 valence electrons. The van der Waals surface area contributed by atoms with Gasteiger partial charge in [-0.2, -0.15) is 0 Å². The average molecular weight is 385 g/mol. The van der Waals surface area contributed by atoms with Crippen molar-refractivity contribution in [3.8, 4) is 0 Å². The standard InChI is InChI=1S/C24H23N3O2/c1-16-9-5-6-12-18(16)21(28)15-27-20-14-8-7-13-19(20)22(26-23(25)24(27)29)17-10-3-2-4-11-17/h2-3,5-10,12-14,23H,4,11,15,25H2,1H3/t23-/m1/s1. The molecular weight excluding hydrogens is 362 g/mol. The highest BCUT2D eigenvalue weighted by Crippen LogP contribution is 2.30. The number of nitrogens with zero attached hydrogens (tertiary/aromatic N) is 2. The third-order valence-corrected chi connectivity index (χ3v) is 5.30. The highest BCUT2D eigenvalue weighted by atomic mass is 16.2. The second kappa shape index (κ2) is 7.97. The number of para-hydroxylation sites is 1. The van der Waals surface area contributed by atoms with E-state index < -0.39 is 6.17 Å². The van der Waals surface area contributed by atoms with Gasteiger partial charge in [-0.05, 0) is 37.0 Å². The van der Waals surface area contributed by atoms with Gasteiger partial charge in [0.25, 0.3) is 5.91 Å². The number of fused-ring (bicyclic) bond motifs is 1. The molecule has 0 radical (unpaired) electrons. The fourth-order valence-corrected chi connectivity index (χ4v) is 3.78. The van der Waals surface area contributed by atoms with Crippen LogP contribution < -0.4 is 10.6 Å². The van der Waals surface area contributed by atoms with Crippen LogP contribution in [0.1, 0.15) is 34.3 Å². The zero-order valence-corrected chi connectivity index (χ0v) is 16.3. The number of carbonyl (C=O) groups excluding carboxylic acids is 2. The van der Waals surface area contributed by atoms with Gasteiger partial charge in [0, 0.05) is 11.1 Å². The van der Waals surface area contributed by atoms with E-state index in [4.69, 9.17) is 5.73 Å². The molecule has 2 aromatic rings. The number of hydrogen-bond acceptors (Lipinski definition) is 4. The van der Waals surface area contributed by atoms with Crippen molar-refractivity contribution in [1.29, 1.82) is 0 Å². The summed E-state index contributed by atoms with van der Waals surface area (Å²) in [4.78, 5) is 32.1. The summed E-state index contributed by atoms with van der Waals surface area (Å²) in [6.45, 7) is 1.82. The van der Waals surface area contributed by atoms with Crippen molar-refractivity contribution in [3.63, 3.8) is 0 Å². The fraction of sp³-hybridized carbons (Fsp3) is 0.208. The molecule has 2 aromatic carbocycles. The van der Waals surface area contributed by atoms with Gasteiger partial charge in [0.05, 0.1) is 17.9 Å². The molecule has 1 heterocycles. The first-order valence-corrected chi connectivity index (χ1v) is 9.75. The molecule has 0 saturated heterocycles. The van der Waals surface area contributed by atoms with E-state index in [1.807, 2.05) is 61.5 Å². The Labute approximate surface area is 170 Å². The number of benzodiazepines with no additional fused rings is 1. The lowest BCUT2D eigenvalue weighted by molar-refractivity contribution is -0.119. The topological polar surface area (TPSA) is 75.8 Å². The molecule has 1 amide bonds. The van der Waals surface area contributed by atoms with Gasteiger partial charge in [-0.3, -0.25) is 14.6 Å². The summed E-state index contributed by atoms with van der Waals surface area (Å²) in [6.07, 6.45) is 6.84. The maximum Gasteiger partial charge on any atom is 0.266 e. The van der Waals surface area contributed by atoms with Crippen LogP contribution >= 0.6 is 0 Å². The molecule has 2 aliphatic rings. The van der Waals surface area contributed by atoms with Crippen LogP contribution in [0.5, 0.6) is 0 Å². The Morgan fingerprint density at radius 1 is 1.17 bits per heavy atom. The number of carbonyl (C=O) groups is 2. The van der Waals surface area contributed by atoms with Gasteiger partial charge in [0.2, 0.25) is 0 Å². The predicted molar refractivity (Wildman–Crippen MR) is 115 cm³/mol. The lowest BCUT2D eigenvalue weighted by Crippen LogP contribution is -2.44.